The van der Waals surface area contributed by atoms with E-state index in [-0.39, 0.29) is 5.91 Å². The number of hydrogen-bond donors (Lipinski definition) is 2. The van der Waals surface area contributed by atoms with E-state index in [4.69, 9.17) is 16.6 Å². The van der Waals surface area contributed by atoms with Gasteiger partial charge in [-0.05, 0) is 36.4 Å². The van der Waals surface area contributed by atoms with Gasteiger partial charge in [0, 0.05) is 33.9 Å². The van der Waals surface area contributed by atoms with Gasteiger partial charge in [0.2, 0.25) is 0 Å². The van der Waals surface area contributed by atoms with Gasteiger partial charge in [0.15, 0.2) is 0 Å². The fraction of sp³-hybridized carbons (Fsp3) is 0. The Morgan fingerprint density at radius 1 is 0.926 bits per heavy atom. The molecule has 0 aliphatic rings. The van der Waals surface area contributed by atoms with Gasteiger partial charge in [-0.3, -0.25) is 20.6 Å². The first kappa shape index (κ1) is 17.0. The minimum Gasteiger partial charge on any atom is -0.298 e. The number of pyridine rings is 2. The molecule has 0 saturated carbocycles. The van der Waals surface area contributed by atoms with Gasteiger partial charge < -0.3 is 0 Å². The molecule has 0 atom stereocenters. The van der Waals surface area contributed by atoms with E-state index in [1.165, 1.54) is 0 Å². The van der Waals surface area contributed by atoms with Crippen molar-refractivity contribution < 1.29 is 4.79 Å². The Morgan fingerprint density at radius 3 is 2.48 bits per heavy atom. The van der Waals surface area contributed by atoms with Crippen LogP contribution in [0.2, 0.25) is 5.02 Å². The highest BCUT2D eigenvalue weighted by molar-refractivity contribution is 6.31. The van der Waals surface area contributed by atoms with Crippen LogP contribution in [0.5, 0.6) is 0 Å². The van der Waals surface area contributed by atoms with Crippen molar-refractivity contribution in [1.82, 2.24) is 15.4 Å². The number of nitrogens with zero attached hydrogens (tertiary/aromatic N) is 2. The number of carbonyl (C=O) groups is 1. The van der Waals surface area contributed by atoms with E-state index in [2.05, 4.69) is 15.8 Å². The summed E-state index contributed by atoms with van der Waals surface area (Å²) in [6.45, 7) is 0. The molecule has 27 heavy (non-hydrogen) atoms. The standard InChI is InChI=1S/C21H15ClN4O/c22-16-6-7-18-17(12-16)20(13-19(24-18)14-4-2-1-3-5-14)25-26-21(27)15-8-10-23-11-9-15/h1-13H,(H,24,25)(H,26,27). The highest BCUT2D eigenvalue weighted by atomic mass is 35.5. The molecule has 132 valence electrons. The topological polar surface area (TPSA) is 66.9 Å². The van der Waals surface area contributed by atoms with E-state index >= 15 is 0 Å². The molecule has 2 aromatic carbocycles. The summed E-state index contributed by atoms with van der Waals surface area (Å²) >= 11 is 6.16. The van der Waals surface area contributed by atoms with Crippen LogP contribution in [0.15, 0.2) is 79.1 Å². The number of benzene rings is 2. The first-order valence-corrected chi connectivity index (χ1v) is 8.70. The zero-order valence-electron chi connectivity index (χ0n) is 14.2. The number of hydrogen-bond acceptors (Lipinski definition) is 4. The predicted molar refractivity (Wildman–Crippen MR) is 108 cm³/mol. The molecule has 0 radical (unpaired) electrons. The largest absolute Gasteiger partial charge is 0.298 e. The van der Waals surface area contributed by atoms with Crippen molar-refractivity contribution in [1.29, 1.82) is 0 Å². The predicted octanol–water partition coefficient (Wildman–Crippen LogP) is 4.71. The number of carbonyl (C=O) groups excluding carboxylic acids is 1. The molecule has 4 aromatic rings. The number of hydrazine groups is 1. The minimum atomic E-state index is -0.259. The Bertz CT molecular complexity index is 1100. The molecule has 0 fully saturated rings. The number of fused-ring (bicyclic) bond motifs is 1. The molecule has 2 N–H and O–H groups in total. The molecular weight excluding hydrogens is 360 g/mol. The highest BCUT2D eigenvalue weighted by Crippen LogP contribution is 2.29. The number of halogens is 1. The van der Waals surface area contributed by atoms with E-state index in [1.54, 1.807) is 30.6 Å². The first-order valence-electron chi connectivity index (χ1n) is 8.33. The van der Waals surface area contributed by atoms with E-state index in [9.17, 15) is 4.79 Å². The fourth-order valence-electron chi connectivity index (χ4n) is 2.76. The quantitative estimate of drug-likeness (QED) is 0.508. The van der Waals surface area contributed by atoms with Gasteiger partial charge in [0.1, 0.15) is 0 Å². The zero-order valence-corrected chi connectivity index (χ0v) is 14.9. The Balaban J connectivity index is 1.71. The molecule has 6 heteroatoms. The lowest BCUT2D eigenvalue weighted by Gasteiger charge is -2.13. The molecule has 0 unspecified atom stereocenters. The van der Waals surface area contributed by atoms with Crippen LogP contribution >= 0.6 is 11.6 Å². The summed E-state index contributed by atoms with van der Waals surface area (Å²) in [5.74, 6) is -0.259. The molecule has 2 aromatic heterocycles. The van der Waals surface area contributed by atoms with Gasteiger partial charge in [-0.15, -0.1) is 0 Å². The first-order chi connectivity index (χ1) is 13.2. The molecule has 5 nitrogen and oxygen atoms in total. The second-order valence-electron chi connectivity index (χ2n) is 5.90. The Kier molecular flexibility index (Phi) is 4.68. The van der Waals surface area contributed by atoms with Crippen molar-refractivity contribution in [2.24, 2.45) is 0 Å². The number of nitrogens with one attached hydrogen (secondary N) is 2. The summed E-state index contributed by atoms with van der Waals surface area (Å²) in [4.78, 5) is 21.0. The number of amides is 1. The van der Waals surface area contributed by atoms with Crippen molar-refractivity contribution in [3.05, 3.63) is 89.7 Å². The third-order valence-corrected chi connectivity index (χ3v) is 4.33. The maximum atomic E-state index is 12.3. The maximum absolute atomic E-state index is 12.3. The molecule has 0 aliphatic carbocycles. The van der Waals surface area contributed by atoms with Crippen LogP contribution in [0, 0.1) is 0 Å². The van der Waals surface area contributed by atoms with Gasteiger partial charge in [0.05, 0.1) is 16.9 Å². The molecule has 0 spiro atoms. The summed E-state index contributed by atoms with van der Waals surface area (Å²) < 4.78 is 0. The lowest BCUT2D eigenvalue weighted by Crippen LogP contribution is -2.29. The van der Waals surface area contributed by atoms with Gasteiger partial charge in [-0.25, -0.2) is 4.98 Å². The van der Waals surface area contributed by atoms with Crippen LogP contribution in [0.3, 0.4) is 0 Å². The van der Waals surface area contributed by atoms with Crippen molar-refractivity contribution in [3.63, 3.8) is 0 Å². The van der Waals surface area contributed by atoms with Gasteiger partial charge >= 0.3 is 0 Å². The second kappa shape index (κ2) is 7.43. The Labute approximate surface area is 161 Å². The maximum Gasteiger partial charge on any atom is 0.269 e. The van der Waals surface area contributed by atoms with Crippen LogP contribution in [0.25, 0.3) is 22.2 Å². The van der Waals surface area contributed by atoms with Crippen LogP contribution in [0.4, 0.5) is 5.69 Å². The molecule has 0 bridgehead atoms. The SMILES string of the molecule is O=C(NNc1cc(-c2ccccc2)nc2ccc(Cl)cc12)c1ccncc1. The van der Waals surface area contributed by atoms with Crippen molar-refractivity contribution >= 4 is 34.1 Å². The average Bonchev–Trinajstić information content (AvgIpc) is 2.73. The lowest BCUT2D eigenvalue weighted by atomic mass is 10.1. The van der Waals surface area contributed by atoms with Crippen molar-refractivity contribution in [3.8, 4) is 11.3 Å². The van der Waals surface area contributed by atoms with Crippen LogP contribution in [-0.2, 0) is 0 Å². The Hall–Kier alpha value is -3.44. The second-order valence-corrected chi connectivity index (χ2v) is 6.33. The fourth-order valence-corrected chi connectivity index (χ4v) is 2.93. The van der Waals surface area contributed by atoms with Gasteiger partial charge in [-0.2, -0.15) is 0 Å². The third kappa shape index (κ3) is 3.73. The highest BCUT2D eigenvalue weighted by Gasteiger charge is 2.10. The molecule has 1 amide bonds. The molecule has 4 rings (SSSR count). The summed E-state index contributed by atoms with van der Waals surface area (Å²) in [5.41, 5.74) is 9.51. The molecular formula is C21H15ClN4O. The summed E-state index contributed by atoms with van der Waals surface area (Å²) in [5, 5.41) is 1.41. The van der Waals surface area contributed by atoms with Crippen LogP contribution in [0.1, 0.15) is 10.4 Å². The zero-order chi connectivity index (χ0) is 18.6. The monoisotopic (exact) mass is 374 g/mol. The smallest absolute Gasteiger partial charge is 0.269 e. The third-order valence-electron chi connectivity index (χ3n) is 4.09. The average molecular weight is 375 g/mol. The molecule has 2 heterocycles. The molecule has 0 saturated heterocycles. The van der Waals surface area contributed by atoms with E-state index in [0.29, 0.717) is 16.3 Å². The van der Waals surface area contributed by atoms with Gasteiger partial charge in [0.25, 0.3) is 5.91 Å². The number of anilines is 1. The normalized spacial score (nSPS) is 10.6. The van der Waals surface area contributed by atoms with E-state index < -0.39 is 0 Å². The summed E-state index contributed by atoms with van der Waals surface area (Å²) in [7, 11) is 0. The van der Waals surface area contributed by atoms with Crippen molar-refractivity contribution in [2.45, 2.75) is 0 Å². The van der Waals surface area contributed by atoms with Crippen LogP contribution in [-0.4, -0.2) is 15.9 Å². The molecule has 0 aliphatic heterocycles. The van der Waals surface area contributed by atoms with Crippen molar-refractivity contribution in [2.75, 3.05) is 5.43 Å². The van der Waals surface area contributed by atoms with E-state index in [0.717, 1.165) is 22.2 Å². The summed E-state index contributed by atoms with van der Waals surface area (Å²) in [6.07, 6.45) is 3.15. The number of aromatic nitrogens is 2. The summed E-state index contributed by atoms with van der Waals surface area (Å²) in [6, 6.07) is 20.5. The van der Waals surface area contributed by atoms with Gasteiger partial charge in [-0.1, -0.05) is 41.9 Å². The minimum absolute atomic E-state index is 0.259. The van der Waals surface area contributed by atoms with Crippen LogP contribution < -0.4 is 10.9 Å². The number of rotatable bonds is 4. The van der Waals surface area contributed by atoms with E-state index in [1.807, 2.05) is 48.5 Å². The Morgan fingerprint density at radius 2 is 1.70 bits per heavy atom. The lowest BCUT2D eigenvalue weighted by molar-refractivity contribution is 0.0962.